The molecule has 2 rings (SSSR count). The third-order valence-corrected chi connectivity index (χ3v) is 3.08. The molecule has 1 saturated carbocycles. The zero-order valence-electron chi connectivity index (χ0n) is 6.84. The van der Waals surface area contributed by atoms with Gasteiger partial charge in [0.15, 0.2) is 0 Å². The Hall–Kier alpha value is -0.390. The summed E-state index contributed by atoms with van der Waals surface area (Å²) in [7, 11) is 1.89. The quantitative estimate of drug-likeness (QED) is 0.839. The zero-order valence-corrected chi connectivity index (χ0v) is 9.00. The number of hydrogen-bond acceptors (Lipinski definition) is 3. The van der Waals surface area contributed by atoms with Crippen molar-refractivity contribution in [2.24, 2.45) is 0 Å². The summed E-state index contributed by atoms with van der Waals surface area (Å²) in [5.74, 6) is 1.65. The topological polar surface area (TPSA) is 37.8 Å². The summed E-state index contributed by atoms with van der Waals surface area (Å²) in [6, 6.07) is 0. The summed E-state index contributed by atoms with van der Waals surface area (Å²) in [5, 5.41) is 3.06. The Morgan fingerprint density at radius 1 is 1.50 bits per heavy atom. The van der Waals surface area contributed by atoms with Gasteiger partial charge in [-0.1, -0.05) is 0 Å². The van der Waals surface area contributed by atoms with Crippen molar-refractivity contribution in [2.75, 3.05) is 12.4 Å². The first-order chi connectivity index (χ1) is 5.83. The van der Waals surface area contributed by atoms with Crippen LogP contribution < -0.4 is 5.32 Å². The van der Waals surface area contributed by atoms with Crippen molar-refractivity contribution in [1.29, 1.82) is 0 Å². The molecule has 0 aliphatic heterocycles. The van der Waals surface area contributed by atoms with Crippen molar-refractivity contribution < 1.29 is 0 Å². The second kappa shape index (κ2) is 3.16. The lowest BCUT2D eigenvalue weighted by Crippen LogP contribution is -2.00. The molecular formula is C8H10IN3. The number of nitrogens with zero attached hydrogens (tertiary/aromatic N) is 2. The average Bonchev–Trinajstić information content (AvgIpc) is 2.88. The fourth-order valence-electron chi connectivity index (χ4n) is 1.20. The first-order valence-corrected chi connectivity index (χ1v) is 5.09. The van der Waals surface area contributed by atoms with Crippen LogP contribution in [0.3, 0.4) is 0 Å². The number of anilines is 1. The SMILES string of the molecule is CNc1ncnc(C2CC2)c1I. The van der Waals surface area contributed by atoms with E-state index in [4.69, 9.17) is 0 Å². The second-order valence-corrected chi connectivity index (χ2v) is 4.02. The third kappa shape index (κ3) is 1.39. The molecule has 0 amide bonds. The van der Waals surface area contributed by atoms with Gasteiger partial charge in [0.1, 0.15) is 12.1 Å². The lowest BCUT2D eigenvalue weighted by Gasteiger charge is -2.05. The Labute approximate surface area is 85.1 Å². The largest absolute Gasteiger partial charge is 0.372 e. The van der Waals surface area contributed by atoms with E-state index in [1.54, 1.807) is 6.33 Å². The van der Waals surface area contributed by atoms with Crippen molar-refractivity contribution in [1.82, 2.24) is 9.97 Å². The Morgan fingerprint density at radius 2 is 2.25 bits per heavy atom. The highest BCUT2D eigenvalue weighted by Crippen LogP contribution is 2.41. The number of aromatic nitrogens is 2. The van der Waals surface area contributed by atoms with Gasteiger partial charge in [0.05, 0.1) is 9.26 Å². The molecule has 3 nitrogen and oxygen atoms in total. The molecule has 0 saturated heterocycles. The Balaban J connectivity index is 2.40. The predicted molar refractivity (Wildman–Crippen MR) is 56.3 cm³/mol. The number of halogens is 1. The molecule has 64 valence electrons. The second-order valence-electron chi connectivity index (χ2n) is 2.95. The van der Waals surface area contributed by atoms with Crippen LogP contribution in [0.1, 0.15) is 24.5 Å². The Bertz CT molecular complexity index is 296. The predicted octanol–water partition coefficient (Wildman–Crippen LogP) is 2.00. The molecule has 1 heterocycles. The maximum atomic E-state index is 4.29. The fourth-order valence-corrected chi connectivity index (χ4v) is 2.19. The minimum absolute atomic E-state index is 0.701. The van der Waals surface area contributed by atoms with Gasteiger partial charge in [-0.25, -0.2) is 9.97 Å². The number of nitrogens with one attached hydrogen (secondary N) is 1. The van der Waals surface area contributed by atoms with Gasteiger partial charge in [-0.05, 0) is 35.4 Å². The van der Waals surface area contributed by atoms with Crippen molar-refractivity contribution in [3.8, 4) is 0 Å². The molecule has 1 aliphatic carbocycles. The van der Waals surface area contributed by atoms with Crippen molar-refractivity contribution in [3.63, 3.8) is 0 Å². The molecule has 0 atom stereocenters. The van der Waals surface area contributed by atoms with Crippen LogP contribution in [-0.4, -0.2) is 17.0 Å². The molecule has 0 spiro atoms. The zero-order chi connectivity index (χ0) is 8.55. The van der Waals surface area contributed by atoms with Crippen molar-refractivity contribution in [3.05, 3.63) is 15.6 Å². The van der Waals surface area contributed by atoms with Crippen LogP contribution in [0.2, 0.25) is 0 Å². The van der Waals surface area contributed by atoms with Gasteiger partial charge < -0.3 is 5.32 Å². The molecule has 1 N–H and O–H groups in total. The highest BCUT2D eigenvalue weighted by molar-refractivity contribution is 14.1. The smallest absolute Gasteiger partial charge is 0.142 e. The molecule has 1 aliphatic rings. The van der Waals surface area contributed by atoms with E-state index in [2.05, 4.69) is 37.9 Å². The van der Waals surface area contributed by atoms with Crippen LogP contribution in [0.15, 0.2) is 6.33 Å². The van der Waals surface area contributed by atoms with E-state index in [1.165, 1.54) is 22.1 Å². The fraction of sp³-hybridized carbons (Fsp3) is 0.500. The summed E-state index contributed by atoms with van der Waals surface area (Å²) in [6.07, 6.45) is 4.22. The first-order valence-electron chi connectivity index (χ1n) is 4.01. The van der Waals surface area contributed by atoms with E-state index in [0.29, 0.717) is 5.92 Å². The van der Waals surface area contributed by atoms with Crippen LogP contribution in [0.4, 0.5) is 5.82 Å². The van der Waals surface area contributed by atoms with E-state index < -0.39 is 0 Å². The van der Waals surface area contributed by atoms with Crippen molar-refractivity contribution in [2.45, 2.75) is 18.8 Å². The van der Waals surface area contributed by atoms with Gasteiger partial charge in [0, 0.05) is 13.0 Å². The minimum atomic E-state index is 0.701. The van der Waals surface area contributed by atoms with E-state index in [-0.39, 0.29) is 0 Å². The molecule has 12 heavy (non-hydrogen) atoms. The maximum Gasteiger partial charge on any atom is 0.142 e. The minimum Gasteiger partial charge on any atom is -0.372 e. The van der Waals surface area contributed by atoms with Gasteiger partial charge in [-0.15, -0.1) is 0 Å². The van der Waals surface area contributed by atoms with Gasteiger partial charge >= 0.3 is 0 Å². The molecule has 0 radical (unpaired) electrons. The Morgan fingerprint density at radius 3 is 2.83 bits per heavy atom. The summed E-state index contributed by atoms with van der Waals surface area (Å²) in [4.78, 5) is 8.43. The molecule has 0 aromatic carbocycles. The monoisotopic (exact) mass is 275 g/mol. The Kier molecular flexibility index (Phi) is 2.16. The van der Waals surface area contributed by atoms with E-state index in [0.717, 1.165) is 5.82 Å². The summed E-state index contributed by atoms with van der Waals surface area (Å²) in [5.41, 5.74) is 1.22. The molecule has 1 aromatic rings. The maximum absolute atomic E-state index is 4.29. The van der Waals surface area contributed by atoms with Crippen molar-refractivity contribution >= 4 is 28.4 Å². The average molecular weight is 275 g/mol. The lowest BCUT2D eigenvalue weighted by molar-refractivity contribution is 0.972. The summed E-state index contributed by atoms with van der Waals surface area (Å²) >= 11 is 2.31. The molecule has 1 fully saturated rings. The van der Waals surface area contributed by atoms with Gasteiger partial charge in [-0.2, -0.15) is 0 Å². The first kappa shape index (κ1) is 8.22. The highest BCUT2D eigenvalue weighted by Gasteiger charge is 2.28. The molecule has 0 unspecified atom stereocenters. The third-order valence-electron chi connectivity index (χ3n) is 2.02. The summed E-state index contributed by atoms with van der Waals surface area (Å²) in [6.45, 7) is 0. The lowest BCUT2D eigenvalue weighted by atomic mass is 10.3. The van der Waals surface area contributed by atoms with E-state index >= 15 is 0 Å². The highest BCUT2D eigenvalue weighted by atomic mass is 127. The molecular weight excluding hydrogens is 265 g/mol. The molecule has 4 heteroatoms. The van der Waals surface area contributed by atoms with Crippen LogP contribution in [0.25, 0.3) is 0 Å². The van der Waals surface area contributed by atoms with Crippen LogP contribution in [0, 0.1) is 3.57 Å². The number of rotatable bonds is 2. The van der Waals surface area contributed by atoms with Crippen LogP contribution in [-0.2, 0) is 0 Å². The van der Waals surface area contributed by atoms with Crippen LogP contribution in [0.5, 0.6) is 0 Å². The van der Waals surface area contributed by atoms with E-state index in [9.17, 15) is 0 Å². The van der Waals surface area contributed by atoms with Gasteiger partial charge in [0.25, 0.3) is 0 Å². The van der Waals surface area contributed by atoms with E-state index in [1.807, 2.05) is 7.05 Å². The van der Waals surface area contributed by atoms with Gasteiger partial charge in [0.2, 0.25) is 0 Å². The molecule has 0 bridgehead atoms. The molecule has 1 aromatic heterocycles. The van der Waals surface area contributed by atoms with Gasteiger partial charge in [-0.3, -0.25) is 0 Å². The van der Waals surface area contributed by atoms with Crippen LogP contribution >= 0.6 is 22.6 Å². The summed E-state index contributed by atoms with van der Waals surface area (Å²) < 4.78 is 1.18. The number of hydrogen-bond donors (Lipinski definition) is 1. The standard InChI is InChI=1S/C8H10IN3/c1-10-8-6(9)7(5-2-3-5)11-4-12-8/h4-5H,2-3H2,1H3,(H,10,11,12). The normalized spacial score (nSPS) is 16.2.